The Morgan fingerprint density at radius 1 is 1.19 bits per heavy atom. The molecule has 2 aromatic carbocycles. The molecule has 4 nitrogen and oxygen atoms in total. The summed E-state index contributed by atoms with van der Waals surface area (Å²) in [6.07, 6.45) is 1.64. The molecule has 5 heteroatoms. The van der Waals surface area contributed by atoms with E-state index in [0.717, 1.165) is 23.1 Å². The number of nitrogens with zero attached hydrogens (tertiary/aromatic N) is 3. The fourth-order valence-corrected chi connectivity index (χ4v) is 2.19. The number of para-hydroxylation sites is 2. The molecule has 1 aromatic heterocycles. The van der Waals surface area contributed by atoms with Gasteiger partial charge in [-0.25, -0.2) is 14.8 Å². The molecule has 0 unspecified atom stereocenters. The summed E-state index contributed by atoms with van der Waals surface area (Å²) in [5, 5.41) is 4.16. The van der Waals surface area contributed by atoms with Gasteiger partial charge < -0.3 is 4.57 Å². The molecule has 1 heterocycles. The Morgan fingerprint density at radius 3 is 2.71 bits per heavy atom. The molecule has 0 aliphatic heterocycles. The fraction of sp³-hybridized carbons (Fsp3) is 0.125. The molecule has 0 radical (unpaired) electrons. The molecule has 0 saturated heterocycles. The fourth-order valence-electron chi connectivity index (χ4n) is 2.19. The summed E-state index contributed by atoms with van der Waals surface area (Å²) in [5.74, 6) is 0.435. The number of aromatic nitrogens is 2. The highest BCUT2D eigenvalue weighted by Crippen LogP contribution is 2.19. The number of fused-ring (bicyclic) bond motifs is 1. The highest BCUT2D eigenvalue weighted by molar-refractivity contribution is 5.81. The summed E-state index contributed by atoms with van der Waals surface area (Å²) < 4.78 is 14.9. The third kappa shape index (κ3) is 2.76. The van der Waals surface area contributed by atoms with Gasteiger partial charge in [0.2, 0.25) is 5.95 Å². The first-order valence-corrected chi connectivity index (χ1v) is 6.78. The zero-order valence-corrected chi connectivity index (χ0v) is 11.6. The highest BCUT2D eigenvalue weighted by atomic mass is 19.1. The van der Waals surface area contributed by atoms with Gasteiger partial charge in [-0.15, -0.1) is 0 Å². The molecule has 0 bridgehead atoms. The van der Waals surface area contributed by atoms with Crippen LogP contribution in [0.1, 0.15) is 12.5 Å². The molecule has 0 aliphatic rings. The number of nitrogens with one attached hydrogen (secondary N) is 1. The number of hydrazone groups is 1. The predicted molar refractivity (Wildman–Crippen MR) is 83.0 cm³/mol. The maximum Gasteiger partial charge on any atom is 0.224 e. The van der Waals surface area contributed by atoms with E-state index in [1.54, 1.807) is 18.3 Å². The maximum atomic E-state index is 12.8. The summed E-state index contributed by atoms with van der Waals surface area (Å²) in [6, 6.07) is 14.1. The highest BCUT2D eigenvalue weighted by Gasteiger charge is 2.07. The second-order valence-corrected chi connectivity index (χ2v) is 4.59. The van der Waals surface area contributed by atoms with Gasteiger partial charge in [-0.1, -0.05) is 24.3 Å². The van der Waals surface area contributed by atoms with Gasteiger partial charge in [0.05, 0.1) is 17.2 Å². The zero-order valence-electron chi connectivity index (χ0n) is 11.6. The first-order valence-electron chi connectivity index (χ1n) is 6.78. The normalized spacial score (nSPS) is 11.3. The lowest BCUT2D eigenvalue weighted by Crippen LogP contribution is -2.01. The van der Waals surface area contributed by atoms with E-state index in [-0.39, 0.29) is 5.82 Å². The first kappa shape index (κ1) is 13.3. The van der Waals surface area contributed by atoms with E-state index in [2.05, 4.69) is 27.0 Å². The van der Waals surface area contributed by atoms with Crippen molar-refractivity contribution in [3.63, 3.8) is 0 Å². The first-order chi connectivity index (χ1) is 10.3. The molecule has 0 fully saturated rings. The number of halogens is 1. The third-order valence-electron chi connectivity index (χ3n) is 3.22. The van der Waals surface area contributed by atoms with Crippen LogP contribution in [0.3, 0.4) is 0 Å². The Labute approximate surface area is 121 Å². The Kier molecular flexibility index (Phi) is 3.64. The molecule has 1 N–H and O–H groups in total. The Bertz CT molecular complexity index is 775. The van der Waals surface area contributed by atoms with E-state index in [9.17, 15) is 4.39 Å². The van der Waals surface area contributed by atoms with E-state index >= 15 is 0 Å². The average molecular weight is 282 g/mol. The van der Waals surface area contributed by atoms with Gasteiger partial charge in [0.25, 0.3) is 0 Å². The van der Waals surface area contributed by atoms with Crippen LogP contribution < -0.4 is 5.43 Å². The van der Waals surface area contributed by atoms with Crippen molar-refractivity contribution in [2.24, 2.45) is 5.10 Å². The van der Waals surface area contributed by atoms with Crippen LogP contribution >= 0.6 is 0 Å². The van der Waals surface area contributed by atoms with Crippen molar-refractivity contribution in [1.29, 1.82) is 0 Å². The van der Waals surface area contributed by atoms with Gasteiger partial charge >= 0.3 is 0 Å². The lowest BCUT2D eigenvalue weighted by molar-refractivity contribution is 0.628. The lowest BCUT2D eigenvalue weighted by Gasteiger charge is -2.04. The monoisotopic (exact) mass is 282 g/mol. The Balaban J connectivity index is 1.83. The Hall–Kier alpha value is -2.69. The summed E-state index contributed by atoms with van der Waals surface area (Å²) >= 11 is 0. The minimum Gasteiger partial charge on any atom is -0.309 e. The van der Waals surface area contributed by atoms with Gasteiger partial charge in [0, 0.05) is 6.54 Å². The minimum atomic E-state index is -0.257. The topological polar surface area (TPSA) is 42.2 Å². The van der Waals surface area contributed by atoms with E-state index in [4.69, 9.17) is 0 Å². The summed E-state index contributed by atoms with van der Waals surface area (Å²) in [7, 11) is 0. The van der Waals surface area contributed by atoms with Crippen LogP contribution in [0.5, 0.6) is 0 Å². The largest absolute Gasteiger partial charge is 0.309 e. The van der Waals surface area contributed by atoms with Crippen LogP contribution in [-0.4, -0.2) is 15.8 Å². The van der Waals surface area contributed by atoms with E-state index < -0.39 is 0 Å². The molecule has 21 heavy (non-hydrogen) atoms. The van der Waals surface area contributed by atoms with Gasteiger partial charge in [-0.3, -0.25) is 0 Å². The molecule has 3 rings (SSSR count). The third-order valence-corrected chi connectivity index (χ3v) is 3.22. The molecule has 3 aromatic rings. The van der Waals surface area contributed by atoms with Crippen LogP contribution in [-0.2, 0) is 6.54 Å². The van der Waals surface area contributed by atoms with Crippen molar-refractivity contribution in [2.45, 2.75) is 13.5 Å². The molecule has 0 aliphatic carbocycles. The number of imidazole rings is 1. The molecular weight excluding hydrogens is 267 g/mol. The van der Waals surface area contributed by atoms with Gasteiger partial charge in [0.15, 0.2) is 0 Å². The molecule has 0 saturated carbocycles. The zero-order chi connectivity index (χ0) is 14.7. The standard InChI is InChI=1S/C16H15FN4/c1-2-21-15-6-4-3-5-14(15)19-16(21)20-18-11-12-7-9-13(17)10-8-12/h3-11H,2H2,1H3,(H,19,20)/b18-11-. The minimum absolute atomic E-state index is 0.257. The van der Waals surface area contributed by atoms with Crippen LogP contribution in [0.15, 0.2) is 53.6 Å². The van der Waals surface area contributed by atoms with Gasteiger partial charge in [-0.05, 0) is 36.8 Å². The lowest BCUT2D eigenvalue weighted by atomic mass is 10.2. The van der Waals surface area contributed by atoms with E-state index in [1.165, 1.54) is 12.1 Å². The molecular formula is C16H15FN4. The smallest absolute Gasteiger partial charge is 0.224 e. The maximum absolute atomic E-state index is 12.8. The van der Waals surface area contributed by atoms with Crippen molar-refractivity contribution in [2.75, 3.05) is 5.43 Å². The van der Waals surface area contributed by atoms with Crippen LogP contribution in [0.25, 0.3) is 11.0 Å². The van der Waals surface area contributed by atoms with Crippen LogP contribution in [0, 0.1) is 5.82 Å². The number of hydrogen-bond acceptors (Lipinski definition) is 3. The summed E-state index contributed by atoms with van der Waals surface area (Å²) in [4.78, 5) is 4.51. The van der Waals surface area contributed by atoms with Crippen molar-refractivity contribution in [3.05, 3.63) is 59.9 Å². The second kappa shape index (κ2) is 5.75. The average Bonchev–Trinajstić information content (AvgIpc) is 2.86. The molecule has 0 atom stereocenters. The molecule has 106 valence electrons. The SMILES string of the molecule is CCn1c(N/N=C\c2ccc(F)cc2)nc2ccccc21. The number of anilines is 1. The number of rotatable bonds is 4. The van der Waals surface area contributed by atoms with Gasteiger partial charge in [0.1, 0.15) is 5.82 Å². The Morgan fingerprint density at radius 2 is 1.95 bits per heavy atom. The van der Waals surface area contributed by atoms with E-state index in [1.807, 2.05) is 24.3 Å². The second-order valence-electron chi connectivity index (χ2n) is 4.59. The van der Waals surface area contributed by atoms with E-state index in [0.29, 0.717) is 5.95 Å². The molecule has 0 amide bonds. The van der Waals surface area contributed by atoms with Crippen molar-refractivity contribution in [3.8, 4) is 0 Å². The van der Waals surface area contributed by atoms with Crippen molar-refractivity contribution >= 4 is 23.2 Å². The quantitative estimate of drug-likeness (QED) is 0.586. The summed E-state index contributed by atoms with van der Waals surface area (Å²) in [5.41, 5.74) is 5.76. The molecule has 0 spiro atoms. The van der Waals surface area contributed by atoms with Crippen LogP contribution in [0.2, 0.25) is 0 Å². The number of hydrogen-bond donors (Lipinski definition) is 1. The summed E-state index contributed by atoms with van der Waals surface area (Å²) in [6.45, 7) is 2.86. The number of benzene rings is 2. The van der Waals surface area contributed by atoms with Crippen molar-refractivity contribution in [1.82, 2.24) is 9.55 Å². The number of aryl methyl sites for hydroxylation is 1. The van der Waals surface area contributed by atoms with Gasteiger partial charge in [-0.2, -0.15) is 5.10 Å². The predicted octanol–water partition coefficient (Wildman–Crippen LogP) is 3.64. The van der Waals surface area contributed by atoms with Crippen molar-refractivity contribution < 1.29 is 4.39 Å². The van der Waals surface area contributed by atoms with Crippen LogP contribution in [0.4, 0.5) is 10.3 Å².